The maximum absolute atomic E-state index is 14.3. The van der Waals surface area contributed by atoms with E-state index in [9.17, 15) is 14.3 Å². The zero-order valence-corrected chi connectivity index (χ0v) is 19.4. The molecular formula is C27H33FN2O4. The third-order valence-electron chi connectivity index (χ3n) is 7.30. The molecule has 0 saturated carbocycles. The van der Waals surface area contributed by atoms with E-state index < -0.39 is 6.10 Å². The third kappa shape index (κ3) is 5.33. The van der Waals surface area contributed by atoms with E-state index in [1.807, 2.05) is 23.1 Å². The van der Waals surface area contributed by atoms with E-state index in [1.54, 1.807) is 12.1 Å². The highest BCUT2D eigenvalue weighted by Gasteiger charge is 2.38. The molecule has 1 amide bonds. The van der Waals surface area contributed by atoms with Crippen LogP contribution in [0.25, 0.3) is 0 Å². The normalized spacial score (nSPS) is 27.9. The van der Waals surface area contributed by atoms with E-state index in [-0.39, 0.29) is 36.6 Å². The second-order valence-electron chi connectivity index (χ2n) is 9.69. The Morgan fingerprint density at radius 1 is 1.06 bits per heavy atom. The van der Waals surface area contributed by atoms with E-state index in [4.69, 9.17) is 9.47 Å². The summed E-state index contributed by atoms with van der Waals surface area (Å²) in [6.07, 6.45) is 1.81. The topological polar surface area (TPSA) is 62.2 Å². The van der Waals surface area contributed by atoms with Gasteiger partial charge >= 0.3 is 0 Å². The molecule has 0 aromatic heterocycles. The molecule has 5 rings (SSSR count). The molecule has 7 heteroatoms. The number of nitrogens with zero attached hydrogens (tertiary/aromatic N) is 2. The maximum atomic E-state index is 14.3. The standard InChI is InChI=1S/C27H33FN2O4/c28-24-8-4-3-7-21(24)15-30-16-22(31)17-33-18-26-25(30)10-9-23(34-26)13-27(32)29-12-11-19-5-1-2-6-20(19)14-29/h1-8,22-23,25-26,31H,9-18H2/t22-,23-,25+,26-/m0/s1. The lowest BCUT2D eigenvalue weighted by Gasteiger charge is -2.44. The van der Waals surface area contributed by atoms with E-state index in [0.29, 0.717) is 38.2 Å². The van der Waals surface area contributed by atoms with Crippen molar-refractivity contribution in [2.75, 3.05) is 26.3 Å². The quantitative estimate of drug-likeness (QED) is 0.748. The molecule has 3 aliphatic rings. The number of carbonyl (C=O) groups excluding carboxylic acids is 1. The van der Waals surface area contributed by atoms with Crippen molar-refractivity contribution in [1.29, 1.82) is 0 Å². The van der Waals surface area contributed by atoms with Crippen LogP contribution in [0, 0.1) is 5.82 Å². The maximum Gasteiger partial charge on any atom is 0.225 e. The van der Waals surface area contributed by atoms with Crippen LogP contribution in [-0.2, 0) is 33.8 Å². The average Bonchev–Trinajstić information content (AvgIpc) is 2.84. The Hall–Kier alpha value is -2.32. The number of aliphatic hydroxyl groups excluding tert-OH is 1. The van der Waals surface area contributed by atoms with Crippen molar-refractivity contribution in [3.63, 3.8) is 0 Å². The van der Waals surface area contributed by atoms with Gasteiger partial charge in [0.2, 0.25) is 5.91 Å². The van der Waals surface area contributed by atoms with Gasteiger partial charge in [-0.05, 0) is 36.5 Å². The molecule has 182 valence electrons. The molecule has 4 atom stereocenters. The van der Waals surface area contributed by atoms with E-state index >= 15 is 0 Å². The van der Waals surface area contributed by atoms with Crippen LogP contribution in [0.15, 0.2) is 48.5 Å². The molecule has 3 heterocycles. The number of benzene rings is 2. The van der Waals surface area contributed by atoms with Crippen molar-refractivity contribution in [2.45, 2.75) is 63.1 Å². The summed E-state index contributed by atoms with van der Waals surface area (Å²) in [4.78, 5) is 17.1. The average molecular weight is 469 g/mol. The highest BCUT2D eigenvalue weighted by molar-refractivity contribution is 5.77. The number of ether oxygens (including phenoxy) is 2. The summed E-state index contributed by atoms with van der Waals surface area (Å²) in [6.45, 7) is 2.78. The minimum absolute atomic E-state index is 0.00257. The number of β-amino-alcohol motifs (C(OH)–C–C–N with tert-alkyl or cyclic N) is 1. The van der Waals surface area contributed by atoms with Crippen LogP contribution in [0.1, 0.15) is 36.0 Å². The van der Waals surface area contributed by atoms with Crippen molar-refractivity contribution in [2.24, 2.45) is 0 Å². The minimum Gasteiger partial charge on any atom is -0.389 e. The predicted molar refractivity (Wildman–Crippen MR) is 125 cm³/mol. The van der Waals surface area contributed by atoms with Gasteiger partial charge in [0.15, 0.2) is 0 Å². The van der Waals surface area contributed by atoms with E-state index in [1.165, 1.54) is 17.2 Å². The molecule has 3 aliphatic heterocycles. The highest BCUT2D eigenvalue weighted by atomic mass is 19.1. The fourth-order valence-electron chi connectivity index (χ4n) is 5.51. The first kappa shape index (κ1) is 23.4. The molecule has 2 saturated heterocycles. The summed E-state index contributed by atoms with van der Waals surface area (Å²) in [6, 6.07) is 15.1. The Labute approximate surface area is 200 Å². The van der Waals surface area contributed by atoms with Gasteiger partial charge in [0.25, 0.3) is 0 Å². The van der Waals surface area contributed by atoms with Crippen LogP contribution in [-0.4, -0.2) is 71.5 Å². The lowest BCUT2D eigenvalue weighted by molar-refractivity contribution is -0.161. The van der Waals surface area contributed by atoms with Gasteiger partial charge < -0.3 is 19.5 Å². The summed E-state index contributed by atoms with van der Waals surface area (Å²) in [5, 5.41) is 10.4. The number of aliphatic hydroxyl groups is 1. The van der Waals surface area contributed by atoms with Gasteiger partial charge in [-0.25, -0.2) is 4.39 Å². The molecule has 1 N–H and O–H groups in total. The van der Waals surface area contributed by atoms with Crippen LogP contribution in [0.3, 0.4) is 0 Å². The highest BCUT2D eigenvalue weighted by Crippen LogP contribution is 2.30. The van der Waals surface area contributed by atoms with Crippen molar-refractivity contribution >= 4 is 5.91 Å². The molecule has 0 unspecified atom stereocenters. The predicted octanol–water partition coefficient (Wildman–Crippen LogP) is 2.91. The van der Waals surface area contributed by atoms with Crippen LogP contribution in [0.2, 0.25) is 0 Å². The number of hydrogen-bond acceptors (Lipinski definition) is 5. The van der Waals surface area contributed by atoms with E-state index in [0.717, 1.165) is 25.8 Å². The summed E-state index contributed by atoms with van der Waals surface area (Å²) in [5.41, 5.74) is 3.16. The van der Waals surface area contributed by atoms with Crippen LogP contribution in [0.5, 0.6) is 0 Å². The van der Waals surface area contributed by atoms with Crippen LogP contribution < -0.4 is 0 Å². The summed E-state index contributed by atoms with van der Waals surface area (Å²) in [5.74, 6) is -0.112. The van der Waals surface area contributed by atoms with Gasteiger partial charge in [-0.2, -0.15) is 0 Å². The SMILES string of the molecule is O=C(C[C@@H]1CC[C@@H]2[C@H](COC[C@@H](O)CN2Cc2ccccc2F)O1)N1CCc2ccccc2C1. The minimum atomic E-state index is -0.631. The van der Waals surface area contributed by atoms with Crippen molar-refractivity contribution in [3.05, 3.63) is 71.0 Å². The first-order valence-corrected chi connectivity index (χ1v) is 12.3. The molecule has 0 radical (unpaired) electrons. The first-order valence-electron chi connectivity index (χ1n) is 12.3. The Kier molecular flexibility index (Phi) is 7.25. The smallest absolute Gasteiger partial charge is 0.225 e. The Balaban J connectivity index is 1.23. The van der Waals surface area contributed by atoms with Gasteiger partial charge in [-0.3, -0.25) is 9.69 Å². The Morgan fingerprint density at radius 2 is 1.85 bits per heavy atom. The molecule has 0 spiro atoms. The molecule has 0 bridgehead atoms. The van der Waals surface area contributed by atoms with Gasteiger partial charge in [0.1, 0.15) is 5.82 Å². The number of fused-ring (bicyclic) bond motifs is 2. The lowest BCUT2D eigenvalue weighted by atomic mass is 9.93. The van der Waals surface area contributed by atoms with Crippen molar-refractivity contribution in [1.82, 2.24) is 9.80 Å². The number of hydrogen-bond donors (Lipinski definition) is 1. The Bertz CT molecular complexity index is 1000. The molecule has 2 fully saturated rings. The molecule has 2 aromatic rings. The second kappa shape index (κ2) is 10.5. The van der Waals surface area contributed by atoms with Crippen LogP contribution in [0.4, 0.5) is 4.39 Å². The third-order valence-corrected chi connectivity index (χ3v) is 7.30. The lowest BCUT2D eigenvalue weighted by Crippen LogP contribution is -2.55. The fourth-order valence-corrected chi connectivity index (χ4v) is 5.51. The number of rotatable bonds is 4. The van der Waals surface area contributed by atoms with Crippen molar-refractivity contribution < 1.29 is 23.8 Å². The first-order chi connectivity index (χ1) is 16.6. The second-order valence-corrected chi connectivity index (χ2v) is 9.69. The summed E-state index contributed by atoms with van der Waals surface area (Å²) < 4.78 is 26.5. The summed E-state index contributed by atoms with van der Waals surface area (Å²) in [7, 11) is 0. The monoisotopic (exact) mass is 468 g/mol. The van der Waals surface area contributed by atoms with Crippen molar-refractivity contribution in [3.8, 4) is 0 Å². The molecule has 34 heavy (non-hydrogen) atoms. The fraction of sp³-hybridized carbons (Fsp3) is 0.519. The number of halogens is 1. The van der Waals surface area contributed by atoms with E-state index in [2.05, 4.69) is 17.0 Å². The van der Waals surface area contributed by atoms with Crippen LogP contribution >= 0.6 is 0 Å². The number of amides is 1. The number of carbonyl (C=O) groups is 1. The van der Waals surface area contributed by atoms with Gasteiger partial charge in [-0.1, -0.05) is 42.5 Å². The molecule has 6 nitrogen and oxygen atoms in total. The summed E-state index contributed by atoms with van der Waals surface area (Å²) >= 11 is 0. The zero-order chi connectivity index (χ0) is 23.5. The van der Waals surface area contributed by atoms with Gasteiger partial charge in [-0.15, -0.1) is 0 Å². The largest absolute Gasteiger partial charge is 0.389 e. The van der Waals surface area contributed by atoms with Gasteiger partial charge in [0, 0.05) is 37.8 Å². The molecular weight excluding hydrogens is 435 g/mol. The Morgan fingerprint density at radius 3 is 2.71 bits per heavy atom. The van der Waals surface area contributed by atoms with Gasteiger partial charge in [0.05, 0.1) is 37.9 Å². The molecule has 2 aromatic carbocycles. The zero-order valence-electron chi connectivity index (χ0n) is 19.4. The molecule has 0 aliphatic carbocycles.